The fourth-order valence-corrected chi connectivity index (χ4v) is 1.19. The summed E-state index contributed by atoms with van der Waals surface area (Å²) in [6, 6.07) is -0.634. The molecule has 0 aliphatic rings. The van der Waals surface area contributed by atoms with Crippen molar-refractivity contribution >= 4 is 12.0 Å². The fraction of sp³-hybridized carbons (Fsp3) is 0.818. The van der Waals surface area contributed by atoms with Gasteiger partial charge in [-0.05, 0) is 33.7 Å². The molecule has 0 saturated heterocycles. The van der Waals surface area contributed by atoms with Crippen molar-refractivity contribution < 1.29 is 14.3 Å². The van der Waals surface area contributed by atoms with E-state index in [1.165, 1.54) is 4.90 Å². The summed E-state index contributed by atoms with van der Waals surface area (Å²) in [5.74, 6) is -0.193. The van der Waals surface area contributed by atoms with Crippen molar-refractivity contribution in [2.75, 3.05) is 20.6 Å². The molecular formula is C11H23N3O3. The van der Waals surface area contributed by atoms with Crippen LogP contribution in [-0.4, -0.2) is 49.2 Å². The number of nitrogens with one attached hydrogen (secondary N) is 1. The van der Waals surface area contributed by atoms with Crippen molar-refractivity contribution in [3.05, 3.63) is 0 Å². The Morgan fingerprint density at radius 1 is 1.35 bits per heavy atom. The van der Waals surface area contributed by atoms with Gasteiger partial charge in [0.15, 0.2) is 0 Å². The van der Waals surface area contributed by atoms with E-state index in [2.05, 4.69) is 5.32 Å². The molecule has 0 unspecified atom stereocenters. The van der Waals surface area contributed by atoms with Crippen LogP contribution in [0.3, 0.4) is 0 Å². The van der Waals surface area contributed by atoms with E-state index in [1.54, 1.807) is 34.9 Å². The maximum Gasteiger partial charge on any atom is 0.408 e. The maximum absolute atomic E-state index is 11.7. The van der Waals surface area contributed by atoms with Crippen molar-refractivity contribution in [2.45, 2.75) is 38.8 Å². The topological polar surface area (TPSA) is 84.7 Å². The number of rotatable bonds is 4. The molecule has 0 aromatic carbocycles. The van der Waals surface area contributed by atoms with E-state index in [9.17, 15) is 9.59 Å². The molecule has 0 aromatic rings. The van der Waals surface area contributed by atoms with Gasteiger partial charge in [0.25, 0.3) is 0 Å². The summed E-state index contributed by atoms with van der Waals surface area (Å²) in [6.45, 7) is 5.61. The van der Waals surface area contributed by atoms with Gasteiger partial charge in [-0.2, -0.15) is 0 Å². The smallest absolute Gasteiger partial charge is 0.408 e. The third-order valence-corrected chi connectivity index (χ3v) is 1.89. The van der Waals surface area contributed by atoms with Crippen LogP contribution >= 0.6 is 0 Å². The maximum atomic E-state index is 11.7. The van der Waals surface area contributed by atoms with Gasteiger partial charge >= 0.3 is 6.09 Å². The molecule has 3 N–H and O–H groups in total. The van der Waals surface area contributed by atoms with Gasteiger partial charge in [-0.25, -0.2) is 4.79 Å². The largest absolute Gasteiger partial charge is 0.444 e. The summed E-state index contributed by atoms with van der Waals surface area (Å²) in [5, 5.41) is 2.52. The first kappa shape index (κ1) is 15.7. The quantitative estimate of drug-likeness (QED) is 0.747. The third kappa shape index (κ3) is 6.78. The highest BCUT2D eigenvalue weighted by Gasteiger charge is 2.24. The molecule has 100 valence electrons. The number of alkyl carbamates (subject to hydrolysis) is 1. The van der Waals surface area contributed by atoms with E-state index in [1.807, 2.05) is 0 Å². The number of carbonyl (C=O) groups is 2. The Labute approximate surface area is 102 Å². The van der Waals surface area contributed by atoms with Gasteiger partial charge < -0.3 is 20.7 Å². The molecular weight excluding hydrogens is 222 g/mol. The predicted octanol–water partition coefficient (Wildman–Crippen LogP) is 0.317. The lowest BCUT2D eigenvalue weighted by Crippen LogP contribution is -2.48. The molecule has 1 atom stereocenters. The minimum Gasteiger partial charge on any atom is -0.444 e. The summed E-state index contributed by atoms with van der Waals surface area (Å²) < 4.78 is 5.08. The first-order chi connectivity index (χ1) is 7.67. The Morgan fingerprint density at radius 2 is 1.88 bits per heavy atom. The molecule has 0 saturated carbocycles. The minimum absolute atomic E-state index is 0.193. The SMILES string of the molecule is CN(C)C(=O)[C@H](CCN)NC(=O)OC(C)(C)C. The van der Waals surface area contributed by atoms with Crippen LogP contribution in [-0.2, 0) is 9.53 Å². The lowest BCUT2D eigenvalue weighted by atomic mass is 10.2. The number of nitrogens with zero attached hydrogens (tertiary/aromatic N) is 1. The minimum atomic E-state index is -0.634. The van der Waals surface area contributed by atoms with Crippen molar-refractivity contribution in [1.29, 1.82) is 0 Å². The lowest BCUT2D eigenvalue weighted by molar-refractivity contribution is -0.131. The molecule has 0 bridgehead atoms. The summed E-state index contributed by atoms with van der Waals surface area (Å²) in [7, 11) is 3.26. The molecule has 0 rings (SSSR count). The number of nitrogens with two attached hydrogens (primary N) is 1. The second-order valence-corrected chi connectivity index (χ2v) is 5.01. The summed E-state index contributed by atoms with van der Waals surface area (Å²) in [4.78, 5) is 24.7. The van der Waals surface area contributed by atoms with Crippen LogP contribution in [0.15, 0.2) is 0 Å². The Kier molecular flexibility index (Phi) is 5.95. The van der Waals surface area contributed by atoms with Gasteiger partial charge in [0.05, 0.1) is 0 Å². The zero-order chi connectivity index (χ0) is 13.6. The molecule has 0 heterocycles. The van der Waals surface area contributed by atoms with Crippen LogP contribution in [0.1, 0.15) is 27.2 Å². The van der Waals surface area contributed by atoms with Crippen molar-refractivity contribution in [3.63, 3.8) is 0 Å². The number of likely N-dealkylation sites (N-methyl/N-ethyl adjacent to an activating group) is 1. The van der Waals surface area contributed by atoms with Crippen LogP contribution in [0.4, 0.5) is 4.79 Å². The molecule has 0 radical (unpaired) electrons. The second-order valence-electron chi connectivity index (χ2n) is 5.01. The van der Waals surface area contributed by atoms with E-state index in [4.69, 9.17) is 10.5 Å². The summed E-state index contributed by atoms with van der Waals surface area (Å²) in [6.07, 6.45) is -0.220. The van der Waals surface area contributed by atoms with Crippen LogP contribution in [0, 0.1) is 0 Å². The Hall–Kier alpha value is -1.30. The molecule has 0 fully saturated rings. The normalized spacial score (nSPS) is 12.8. The van der Waals surface area contributed by atoms with Gasteiger partial charge in [0.1, 0.15) is 11.6 Å². The van der Waals surface area contributed by atoms with E-state index >= 15 is 0 Å². The first-order valence-electron chi connectivity index (χ1n) is 5.58. The summed E-state index contributed by atoms with van der Waals surface area (Å²) in [5.41, 5.74) is 4.82. The van der Waals surface area contributed by atoms with Crippen LogP contribution in [0.5, 0.6) is 0 Å². The number of hydrogen-bond donors (Lipinski definition) is 2. The molecule has 0 spiro atoms. The van der Waals surface area contributed by atoms with E-state index in [0.29, 0.717) is 13.0 Å². The van der Waals surface area contributed by atoms with E-state index < -0.39 is 17.7 Å². The molecule has 0 aliphatic carbocycles. The van der Waals surface area contributed by atoms with Crippen LogP contribution in [0.2, 0.25) is 0 Å². The van der Waals surface area contributed by atoms with Gasteiger partial charge in [0.2, 0.25) is 5.91 Å². The Balaban J connectivity index is 4.45. The Bertz CT molecular complexity index is 272. The van der Waals surface area contributed by atoms with E-state index in [0.717, 1.165) is 0 Å². The van der Waals surface area contributed by atoms with Crippen molar-refractivity contribution in [2.24, 2.45) is 5.73 Å². The second kappa shape index (κ2) is 6.44. The number of hydrogen-bond acceptors (Lipinski definition) is 4. The predicted molar refractivity (Wildman–Crippen MR) is 65.5 cm³/mol. The van der Waals surface area contributed by atoms with Crippen LogP contribution < -0.4 is 11.1 Å². The highest BCUT2D eigenvalue weighted by molar-refractivity contribution is 5.85. The highest BCUT2D eigenvalue weighted by Crippen LogP contribution is 2.07. The van der Waals surface area contributed by atoms with Gasteiger partial charge in [-0.15, -0.1) is 0 Å². The lowest BCUT2D eigenvalue weighted by Gasteiger charge is -2.24. The van der Waals surface area contributed by atoms with Crippen LogP contribution in [0.25, 0.3) is 0 Å². The molecule has 6 nitrogen and oxygen atoms in total. The average molecular weight is 245 g/mol. The fourth-order valence-electron chi connectivity index (χ4n) is 1.19. The average Bonchev–Trinajstić information content (AvgIpc) is 2.12. The zero-order valence-electron chi connectivity index (χ0n) is 11.2. The molecule has 2 amide bonds. The van der Waals surface area contributed by atoms with Crippen molar-refractivity contribution in [1.82, 2.24) is 10.2 Å². The number of ether oxygens (including phenoxy) is 1. The monoisotopic (exact) mass is 245 g/mol. The highest BCUT2D eigenvalue weighted by atomic mass is 16.6. The number of carbonyl (C=O) groups excluding carboxylic acids is 2. The van der Waals surface area contributed by atoms with E-state index in [-0.39, 0.29) is 5.91 Å². The van der Waals surface area contributed by atoms with Crippen molar-refractivity contribution in [3.8, 4) is 0 Å². The zero-order valence-corrected chi connectivity index (χ0v) is 11.2. The Morgan fingerprint density at radius 3 is 2.24 bits per heavy atom. The van der Waals surface area contributed by atoms with Gasteiger partial charge in [-0.3, -0.25) is 4.79 Å². The molecule has 17 heavy (non-hydrogen) atoms. The first-order valence-corrected chi connectivity index (χ1v) is 5.58. The summed E-state index contributed by atoms with van der Waals surface area (Å²) >= 11 is 0. The third-order valence-electron chi connectivity index (χ3n) is 1.89. The molecule has 6 heteroatoms. The standard InChI is InChI=1S/C11H23N3O3/c1-11(2,3)17-10(16)13-8(6-7-12)9(15)14(4)5/h8H,6-7,12H2,1-5H3,(H,13,16)/t8-/m0/s1. The van der Waals surface area contributed by atoms with Gasteiger partial charge in [0, 0.05) is 14.1 Å². The molecule has 0 aliphatic heterocycles. The molecule has 0 aromatic heterocycles. The number of amides is 2. The van der Waals surface area contributed by atoms with Gasteiger partial charge in [-0.1, -0.05) is 0 Å².